The Bertz CT molecular complexity index is 1010. The SMILES string of the molecule is CC(=O)NCc1ccc(S(=O)(=O)N2CCN(c3cnnc(N4CCOCC4)c3)CC2)s1. The molecule has 0 bridgehead atoms. The molecule has 10 nitrogen and oxygen atoms in total. The molecule has 0 atom stereocenters. The van der Waals surface area contributed by atoms with Crippen molar-refractivity contribution in [3.05, 3.63) is 29.3 Å². The van der Waals surface area contributed by atoms with Gasteiger partial charge in [0.1, 0.15) is 4.21 Å². The number of carbonyl (C=O) groups excluding carboxylic acids is 1. The number of sulfonamides is 1. The van der Waals surface area contributed by atoms with Gasteiger partial charge in [0, 0.05) is 57.1 Å². The predicted molar refractivity (Wildman–Crippen MR) is 118 cm³/mol. The van der Waals surface area contributed by atoms with Crippen molar-refractivity contribution in [1.29, 1.82) is 0 Å². The largest absolute Gasteiger partial charge is 0.378 e. The summed E-state index contributed by atoms with van der Waals surface area (Å²) >= 11 is 1.20. The molecule has 168 valence electrons. The summed E-state index contributed by atoms with van der Waals surface area (Å²) < 4.78 is 33.3. The maximum absolute atomic E-state index is 13.0. The van der Waals surface area contributed by atoms with Crippen LogP contribution in [0.2, 0.25) is 0 Å². The molecule has 2 aliphatic rings. The Labute approximate surface area is 185 Å². The summed E-state index contributed by atoms with van der Waals surface area (Å²) in [6, 6.07) is 5.38. The summed E-state index contributed by atoms with van der Waals surface area (Å²) in [5.74, 6) is 0.678. The van der Waals surface area contributed by atoms with Gasteiger partial charge in [-0.05, 0) is 12.1 Å². The molecule has 1 amide bonds. The first kappa shape index (κ1) is 21.9. The van der Waals surface area contributed by atoms with Crippen LogP contribution in [0, 0.1) is 0 Å². The molecule has 0 unspecified atom stereocenters. The first-order chi connectivity index (χ1) is 14.9. The quantitative estimate of drug-likeness (QED) is 0.657. The van der Waals surface area contributed by atoms with Crippen LogP contribution in [0.1, 0.15) is 11.8 Å². The number of hydrogen-bond acceptors (Lipinski definition) is 9. The smallest absolute Gasteiger partial charge is 0.252 e. The number of ether oxygens (including phenoxy) is 1. The maximum Gasteiger partial charge on any atom is 0.252 e. The molecule has 2 saturated heterocycles. The Balaban J connectivity index is 1.38. The summed E-state index contributed by atoms with van der Waals surface area (Å²) in [7, 11) is -3.55. The lowest BCUT2D eigenvalue weighted by Gasteiger charge is -2.35. The van der Waals surface area contributed by atoms with Gasteiger partial charge < -0.3 is 19.9 Å². The number of carbonyl (C=O) groups is 1. The van der Waals surface area contributed by atoms with E-state index in [1.807, 2.05) is 6.07 Å². The zero-order valence-electron chi connectivity index (χ0n) is 17.4. The van der Waals surface area contributed by atoms with Crippen LogP contribution in [-0.4, -0.2) is 81.3 Å². The van der Waals surface area contributed by atoms with E-state index in [0.717, 1.165) is 29.5 Å². The van der Waals surface area contributed by atoms with Gasteiger partial charge >= 0.3 is 0 Å². The van der Waals surface area contributed by atoms with Gasteiger partial charge in [0.25, 0.3) is 10.0 Å². The zero-order chi connectivity index (χ0) is 21.8. The number of aromatic nitrogens is 2. The fourth-order valence-corrected chi connectivity index (χ4v) is 6.45. The minimum absolute atomic E-state index is 0.142. The molecule has 0 aromatic carbocycles. The molecular weight excluding hydrogens is 440 g/mol. The van der Waals surface area contributed by atoms with Crippen LogP contribution in [0.15, 0.2) is 28.6 Å². The molecule has 4 heterocycles. The van der Waals surface area contributed by atoms with Gasteiger partial charge in [-0.25, -0.2) is 8.42 Å². The molecular formula is C19H26N6O4S2. The van der Waals surface area contributed by atoms with Crippen molar-refractivity contribution in [2.75, 3.05) is 62.3 Å². The first-order valence-corrected chi connectivity index (χ1v) is 12.4. The molecule has 0 spiro atoms. The number of amides is 1. The average molecular weight is 467 g/mol. The molecule has 2 fully saturated rings. The van der Waals surface area contributed by atoms with Gasteiger partial charge in [-0.2, -0.15) is 9.40 Å². The van der Waals surface area contributed by atoms with E-state index in [0.29, 0.717) is 50.1 Å². The second-order valence-corrected chi connectivity index (χ2v) is 10.7. The highest BCUT2D eigenvalue weighted by Crippen LogP contribution is 2.27. The van der Waals surface area contributed by atoms with Crippen molar-refractivity contribution in [2.24, 2.45) is 0 Å². The third-order valence-electron chi connectivity index (χ3n) is 5.31. The Morgan fingerprint density at radius 3 is 2.58 bits per heavy atom. The average Bonchev–Trinajstić information content (AvgIpc) is 3.29. The van der Waals surface area contributed by atoms with Crippen LogP contribution >= 0.6 is 11.3 Å². The van der Waals surface area contributed by atoms with Crippen molar-refractivity contribution in [3.63, 3.8) is 0 Å². The Morgan fingerprint density at radius 1 is 1.13 bits per heavy atom. The molecule has 0 saturated carbocycles. The van der Waals surface area contributed by atoms with E-state index >= 15 is 0 Å². The number of thiophene rings is 1. The number of morpholine rings is 1. The van der Waals surface area contributed by atoms with Crippen molar-refractivity contribution in [3.8, 4) is 0 Å². The van der Waals surface area contributed by atoms with E-state index in [2.05, 4.69) is 25.3 Å². The van der Waals surface area contributed by atoms with E-state index in [9.17, 15) is 13.2 Å². The standard InChI is InChI=1S/C19H26N6O4S2/c1-15(26)20-14-17-2-3-19(30-17)31(27,28)25-6-4-23(5-7-25)16-12-18(22-21-13-16)24-8-10-29-11-9-24/h2-3,12-13H,4-11,14H2,1H3,(H,20,26). The van der Waals surface area contributed by atoms with Crippen LogP contribution in [-0.2, 0) is 26.1 Å². The molecule has 4 rings (SSSR count). The highest BCUT2D eigenvalue weighted by molar-refractivity contribution is 7.91. The number of nitrogens with zero attached hydrogens (tertiary/aromatic N) is 5. The van der Waals surface area contributed by atoms with Gasteiger partial charge in [0.05, 0.1) is 31.6 Å². The van der Waals surface area contributed by atoms with Crippen molar-refractivity contribution >= 4 is 38.8 Å². The third-order valence-corrected chi connectivity index (χ3v) is 8.76. The summed E-state index contributed by atoms with van der Waals surface area (Å²) in [5, 5.41) is 11.1. The topological polar surface area (TPSA) is 108 Å². The Morgan fingerprint density at radius 2 is 1.87 bits per heavy atom. The lowest BCUT2D eigenvalue weighted by Crippen LogP contribution is -2.48. The van der Waals surface area contributed by atoms with Crippen molar-refractivity contribution in [1.82, 2.24) is 19.8 Å². The summed E-state index contributed by atoms with van der Waals surface area (Å²) in [6.07, 6.45) is 1.72. The van der Waals surface area contributed by atoms with Crippen LogP contribution in [0.3, 0.4) is 0 Å². The van der Waals surface area contributed by atoms with Gasteiger partial charge in [-0.3, -0.25) is 4.79 Å². The third kappa shape index (κ3) is 5.14. The van der Waals surface area contributed by atoms with E-state index in [4.69, 9.17) is 4.74 Å². The lowest BCUT2D eigenvalue weighted by molar-refractivity contribution is -0.119. The van der Waals surface area contributed by atoms with Crippen LogP contribution in [0.5, 0.6) is 0 Å². The molecule has 31 heavy (non-hydrogen) atoms. The fraction of sp³-hybridized carbons (Fsp3) is 0.526. The first-order valence-electron chi connectivity index (χ1n) is 10.2. The minimum atomic E-state index is -3.55. The van der Waals surface area contributed by atoms with Gasteiger partial charge in [0.15, 0.2) is 5.82 Å². The summed E-state index contributed by atoms with van der Waals surface area (Å²) in [4.78, 5) is 16.2. The van der Waals surface area contributed by atoms with Crippen LogP contribution in [0.4, 0.5) is 11.5 Å². The van der Waals surface area contributed by atoms with Gasteiger partial charge in [0.2, 0.25) is 5.91 Å². The molecule has 2 aromatic heterocycles. The number of hydrogen-bond donors (Lipinski definition) is 1. The van der Waals surface area contributed by atoms with Crippen LogP contribution in [0.25, 0.3) is 0 Å². The number of anilines is 2. The fourth-order valence-electron chi connectivity index (χ4n) is 3.58. The zero-order valence-corrected chi connectivity index (χ0v) is 19.0. The van der Waals surface area contributed by atoms with Crippen molar-refractivity contribution < 1.29 is 17.9 Å². The molecule has 0 radical (unpaired) electrons. The van der Waals surface area contributed by atoms with Gasteiger partial charge in [-0.1, -0.05) is 0 Å². The Kier molecular flexibility index (Phi) is 6.70. The van der Waals surface area contributed by atoms with E-state index in [1.54, 1.807) is 18.3 Å². The molecule has 0 aliphatic carbocycles. The maximum atomic E-state index is 13.0. The number of piperazine rings is 1. The molecule has 1 N–H and O–H groups in total. The van der Waals surface area contributed by atoms with E-state index in [-0.39, 0.29) is 5.91 Å². The Hall–Kier alpha value is -2.28. The highest BCUT2D eigenvalue weighted by Gasteiger charge is 2.30. The summed E-state index contributed by atoms with van der Waals surface area (Å²) in [5.41, 5.74) is 0.947. The van der Waals surface area contributed by atoms with Crippen molar-refractivity contribution in [2.45, 2.75) is 17.7 Å². The highest BCUT2D eigenvalue weighted by atomic mass is 32.2. The second kappa shape index (κ2) is 9.47. The summed E-state index contributed by atoms with van der Waals surface area (Å²) in [6.45, 7) is 6.66. The van der Waals surface area contributed by atoms with E-state index < -0.39 is 10.0 Å². The lowest BCUT2D eigenvalue weighted by atomic mass is 10.3. The second-order valence-electron chi connectivity index (χ2n) is 7.39. The molecule has 2 aliphatic heterocycles. The molecule has 2 aromatic rings. The number of rotatable bonds is 6. The normalized spacial score (nSPS) is 18.2. The molecule has 12 heteroatoms. The predicted octanol–water partition coefficient (Wildman–Crippen LogP) is 0.522. The van der Waals surface area contributed by atoms with Crippen LogP contribution < -0.4 is 15.1 Å². The van der Waals surface area contributed by atoms with Gasteiger partial charge in [-0.15, -0.1) is 16.4 Å². The minimum Gasteiger partial charge on any atom is -0.378 e. The monoisotopic (exact) mass is 466 g/mol. The van der Waals surface area contributed by atoms with E-state index in [1.165, 1.54) is 22.6 Å². The number of nitrogens with one attached hydrogen (secondary N) is 1.